The first-order valence-electron chi connectivity index (χ1n) is 8.14. The minimum absolute atomic E-state index is 0.143. The van der Waals surface area contributed by atoms with Crippen molar-refractivity contribution in [1.82, 2.24) is 19.9 Å². The number of carbonyl (C=O) groups is 1. The smallest absolute Gasteiger partial charge is 0.264 e. The number of nitrogens with zero attached hydrogens (tertiary/aromatic N) is 3. The van der Waals surface area contributed by atoms with Gasteiger partial charge in [-0.3, -0.25) is 4.79 Å². The molecule has 1 amide bonds. The SMILES string of the molecule is CCNc1nc(C)c(C(=O)NC(c2ccccc2)c2nccn2C)s1. The molecule has 0 saturated heterocycles. The van der Waals surface area contributed by atoms with Gasteiger partial charge in [-0.05, 0) is 19.4 Å². The Bertz CT molecular complexity index is 855. The van der Waals surface area contributed by atoms with Crippen molar-refractivity contribution in [3.63, 3.8) is 0 Å². The zero-order chi connectivity index (χ0) is 17.8. The zero-order valence-electron chi connectivity index (χ0n) is 14.5. The number of aryl methyl sites for hydroxylation is 2. The van der Waals surface area contributed by atoms with Crippen LogP contribution in [0, 0.1) is 6.92 Å². The first-order valence-corrected chi connectivity index (χ1v) is 8.96. The Kier molecular flexibility index (Phi) is 5.14. The van der Waals surface area contributed by atoms with Crippen LogP contribution in [0.3, 0.4) is 0 Å². The largest absolute Gasteiger partial charge is 0.362 e. The summed E-state index contributed by atoms with van der Waals surface area (Å²) in [5, 5.41) is 7.03. The molecule has 130 valence electrons. The predicted octanol–water partition coefficient (Wildman–Crippen LogP) is 3.14. The Morgan fingerprint density at radius 3 is 2.72 bits per heavy atom. The van der Waals surface area contributed by atoms with Gasteiger partial charge in [-0.25, -0.2) is 9.97 Å². The van der Waals surface area contributed by atoms with E-state index in [-0.39, 0.29) is 11.9 Å². The summed E-state index contributed by atoms with van der Waals surface area (Å²) in [5.74, 6) is 0.643. The summed E-state index contributed by atoms with van der Waals surface area (Å²) in [4.78, 5) is 22.3. The van der Waals surface area contributed by atoms with Crippen molar-refractivity contribution in [2.45, 2.75) is 19.9 Å². The molecule has 6 nitrogen and oxygen atoms in total. The van der Waals surface area contributed by atoms with E-state index >= 15 is 0 Å². The molecule has 0 aliphatic rings. The number of rotatable bonds is 6. The van der Waals surface area contributed by atoms with Crippen molar-refractivity contribution < 1.29 is 4.79 Å². The van der Waals surface area contributed by atoms with Gasteiger partial charge >= 0.3 is 0 Å². The highest BCUT2D eigenvalue weighted by Gasteiger charge is 2.23. The second kappa shape index (κ2) is 7.48. The lowest BCUT2D eigenvalue weighted by Gasteiger charge is -2.19. The lowest BCUT2D eigenvalue weighted by Crippen LogP contribution is -2.31. The van der Waals surface area contributed by atoms with E-state index in [0.29, 0.717) is 4.88 Å². The molecule has 25 heavy (non-hydrogen) atoms. The van der Waals surface area contributed by atoms with E-state index in [1.807, 2.05) is 62.0 Å². The average Bonchev–Trinajstić information content (AvgIpc) is 3.19. The normalized spacial score (nSPS) is 12.0. The third-order valence-electron chi connectivity index (χ3n) is 3.86. The summed E-state index contributed by atoms with van der Waals surface area (Å²) in [6.07, 6.45) is 3.61. The van der Waals surface area contributed by atoms with Gasteiger partial charge < -0.3 is 15.2 Å². The first-order chi connectivity index (χ1) is 12.1. The molecule has 0 bridgehead atoms. The summed E-state index contributed by atoms with van der Waals surface area (Å²) in [6.45, 7) is 4.63. The fourth-order valence-corrected chi connectivity index (χ4v) is 3.57. The molecule has 0 fully saturated rings. The van der Waals surface area contributed by atoms with Crippen molar-refractivity contribution in [3.05, 3.63) is 64.7 Å². The molecule has 1 atom stereocenters. The first kappa shape index (κ1) is 17.2. The van der Waals surface area contributed by atoms with E-state index in [1.54, 1.807) is 6.20 Å². The molecule has 0 radical (unpaired) electrons. The monoisotopic (exact) mass is 355 g/mol. The summed E-state index contributed by atoms with van der Waals surface area (Å²) in [6, 6.07) is 9.53. The predicted molar refractivity (Wildman–Crippen MR) is 100.0 cm³/mol. The molecule has 0 spiro atoms. The molecule has 0 aliphatic carbocycles. The van der Waals surface area contributed by atoms with Crippen molar-refractivity contribution in [2.24, 2.45) is 7.05 Å². The van der Waals surface area contributed by atoms with E-state index in [0.717, 1.165) is 28.8 Å². The van der Waals surface area contributed by atoms with E-state index in [1.165, 1.54) is 11.3 Å². The van der Waals surface area contributed by atoms with Gasteiger partial charge in [0.2, 0.25) is 0 Å². The molecule has 1 unspecified atom stereocenters. The molecule has 3 rings (SSSR count). The molecular weight excluding hydrogens is 334 g/mol. The Hall–Kier alpha value is -2.67. The highest BCUT2D eigenvalue weighted by atomic mass is 32.1. The number of amides is 1. The number of thiazole rings is 1. The van der Waals surface area contributed by atoms with Gasteiger partial charge in [0.05, 0.1) is 5.69 Å². The summed E-state index contributed by atoms with van der Waals surface area (Å²) >= 11 is 1.37. The number of aromatic nitrogens is 3. The Morgan fingerprint density at radius 1 is 1.32 bits per heavy atom. The maximum atomic E-state index is 12.9. The van der Waals surface area contributed by atoms with Crippen LogP contribution < -0.4 is 10.6 Å². The number of hydrogen-bond acceptors (Lipinski definition) is 5. The molecule has 1 aromatic carbocycles. The third-order valence-corrected chi connectivity index (χ3v) is 4.97. The van der Waals surface area contributed by atoms with Crippen LogP contribution in [0.25, 0.3) is 0 Å². The molecule has 3 aromatic rings. The van der Waals surface area contributed by atoms with Crippen molar-refractivity contribution in [3.8, 4) is 0 Å². The second-order valence-electron chi connectivity index (χ2n) is 5.68. The lowest BCUT2D eigenvalue weighted by atomic mass is 10.1. The van der Waals surface area contributed by atoms with Gasteiger partial charge in [0.15, 0.2) is 5.13 Å². The van der Waals surface area contributed by atoms with Crippen LogP contribution in [0.1, 0.15) is 39.7 Å². The van der Waals surface area contributed by atoms with Gasteiger partial charge in [0.25, 0.3) is 5.91 Å². The fraction of sp³-hybridized carbons (Fsp3) is 0.278. The quantitative estimate of drug-likeness (QED) is 0.712. The summed E-state index contributed by atoms with van der Waals surface area (Å²) < 4.78 is 1.92. The molecule has 2 N–H and O–H groups in total. The minimum atomic E-state index is -0.321. The Balaban J connectivity index is 1.91. The van der Waals surface area contributed by atoms with Gasteiger partial charge in [-0.2, -0.15) is 0 Å². The Morgan fingerprint density at radius 2 is 2.08 bits per heavy atom. The van der Waals surface area contributed by atoms with Gasteiger partial charge in [-0.1, -0.05) is 41.7 Å². The summed E-state index contributed by atoms with van der Waals surface area (Å²) in [5.41, 5.74) is 1.71. The van der Waals surface area contributed by atoms with Crippen molar-refractivity contribution in [2.75, 3.05) is 11.9 Å². The fourth-order valence-electron chi connectivity index (χ4n) is 2.63. The van der Waals surface area contributed by atoms with Crippen LogP contribution in [0.5, 0.6) is 0 Å². The number of carbonyl (C=O) groups excluding carboxylic acids is 1. The van der Waals surface area contributed by atoms with Gasteiger partial charge in [-0.15, -0.1) is 0 Å². The third kappa shape index (κ3) is 3.71. The number of anilines is 1. The lowest BCUT2D eigenvalue weighted by molar-refractivity contribution is 0.0944. The van der Waals surface area contributed by atoms with E-state index in [9.17, 15) is 4.79 Å². The number of benzene rings is 1. The maximum absolute atomic E-state index is 12.9. The van der Waals surface area contributed by atoms with Gasteiger partial charge in [0, 0.05) is 26.0 Å². The Labute approximate surface area is 150 Å². The molecule has 7 heteroatoms. The maximum Gasteiger partial charge on any atom is 0.264 e. The minimum Gasteiger partial charge on any atom is -0.362 e. The highest BCUT2D eigenvalue weighted by Crippen LogP contribution is 2.25. The topological polar surface area (TPSA) is 71.8 Å². The van der Waals surface area contributed by atoms with Crippen LogP contribution in [0.4, 0.5) is 5.13 Å². The number of hydrogen-bond donors (Lipinski definition) is 2. The molecule has 0 aliphatic heterocycles. The standard InChI is InChI=1S/C18H21N5OS/c1-4-19-18-21-12(2)15(25-18)17(24)22-14(13-8-6-5-7-9-13)16-20-10-11-23(16)3/h5-11,14H,4H2,1-3H3,(H,19,21)(H,22,24). The number of imidazole rings is 1. The molecule has 2 heterocycles. The highest BCUT2D eigenvalue weighted by molar-refractivity contribution is 7.17. The molecular formula is C18H21N5OS. The van der Waals surface area contributed by atoms with Crippen molar-refractivity contribution >= 4 is 22.4 Å². The summed E-state index contributed by atoms with van der Waals surface area (Å²) in [7, 11) is 1.92. The van der Waals surface area contributed by atoms with Crippen LogP contribution in [0.2, 0.25) is 0 Å². The second-order valence-corrected chi connectivity index (χ2v) is 6.68. The molecule has 2 aromatic heterocycles. The van der Waals surface area contributed by atoms with E-state index in [4.69, 9.17) is 0 Å². The van der Waals surface area contributed by atoms with E-state index in [2.05, 4.69) is 20.6 Å². The molecule has 0 saturated carbocycles. The average molecular weight is 355 g/mol. The van der Waals surface area contributed by atoms with Crippen LogP contribution in [-0.2, 0) is 7.05 Å². The van der Waals surface area contributed by atoms with Gasteiger partial charge in [0.1, 0.15) is 16.7 Å². The number of nitrogens with one attached hydrogen (secondary N) is 2. The van der Waals surface area contributed by atoms with Crippen LogP contribution in [0.15, 0.2) is 42.7 Å². The van der Waals surface area contributed by atoms with Crippen LogP contribution in [-0.4, -0.2) is 27.0 Å². The van der Waals surface area contributed by atoms with E-state index < -0.39 is 0 Å². The van der Waals surface area contributed by atoms with Crippen molar-refractivity contribution in [1.29, 1.82) is 0 Å². The zero-order valence-corrected chi connectivity index (χ0v) is 15.3. The van der Waals surface area contributed by atoms with Crippen LogP contribution >= 0.6 is 11.3 Å².